The van der Waals surface area contributed by atoms with Crippen molar-refractivity contribution in [1.29, 1.82) is 0 Å². The Hall–Kier alpha value is -2.54. The molecule has 0 bridgehead atoms. The number of pyridine rings is 1. The van der Waals surface area contributed by atoms with E-state index in [1.165, 1.54) is 17.0 Å². The highest BCUT2D eigenvalue weighted by atomic mass is 19.1. The fraction of sp³-hybridized carbons (Fsp3) is 0.250. The summed E-state index contributed by atoms with van der Waals surface area (Å²) in [4.78, 5) is 25.4. The molecule has 1 heterocycles. The summed E-state index contributed by atoms with van der Waals surface area (Å²) in [7, 11) is 3.70. The maximum absolute atomic E-state index is 14.0. The van der Waals surface area contributed by atoms with Gasteiger partial charge in [0.05, 0.1) is 0 Å². The number of rotatable bonds is 5. The highest BCUT2D eigenvalue weighted by Crippen LogP contribution is 2.21. The summed E-state index contributed by atoms with van der Waals surface area (Å²) in [6, 6.07) is 2.81. The van der Waals surface area contributed by atoms with Gasteiger partial charge in [0.2, 0.25) is 5.43 Å². The summed E-state index contributed by atoms with van der Waals surface area (Å²) in [5.74, 6) is -3.07. The molecule has 5 nitrogen and oxygen atoms in total. The predicted molar refractivity (Wildman–Crippen MR) is 81.6 cm³/mol. The lowest BCUT2D eigenvalue weighted by Gasteiger charge is -2.14. The number of hydrogen-bond donors (Lipinski definition) is 1. The lowest BCUT2D eigenvalue weighted by molar-refractivity contribution is 0.0694. The van der Waals surface area contributed by atoms with Crippen LogP contribution in [0, 0.1) is 11.6 Å². The monoisotopic (exact) mass is 322 g/mol. The van der Waals surface area contributed by atoms with Gasteiger partial charge in [0.1, 0.15) is 17.2 Å². The molecule has 1 aromatic carbocycles. The van der Waals surface area contributed by atoms with Crippen LogP contribution in [0.4, 0.5) is 8.78 Å². The molecule has 7 heteroatoms. The van der Waals surface area contributed by atoms with Crippen LogP contribution in [0.5, 0.6) is 0 Å². The van der Waals surface area contributed by atoms with Crippen molar-refractivity contribution in [1.82, 2.24) is 9.47 Å². The number of hydrogen-bond acceptors (Lipinski definition) is 3. The van der Waals surface area contributed by atoms with Gasteiger partial charge in [-0.05, 0) is 26.2 Å². The van der Waals surface area contributed by atoms with E-state index in [4.69, 9.17) is 0 Å². The fourth-order valence-corrected chi connectivity index (χ4v) is 2.13. The number of likely N-dealkylation sites (N-methyl/N-ethyl adjacent to an activating group) is 1. The van der Waals surface area contributed by atoms with Crippen molar-refractivity contribution in [2.24, 2.45) is 0 Å². The Morgan fingerprint density at radius 1 is 1.22 bits per heavy atom. The molecule has 2 rings (SSSR count). The van der Waals surface area contributed by atoms with Crippen LogP contribution in [0.3, 0.4) is 0 Å². The normalized spacial score (nSPS) is 11.0. The van der Waals surface area contributed by atoms with Gasteiger partial charge in [-0.3, -0.25) is 4.79 Å². The molecule has 2 aromatic rings. The van der Waals surface area contributed by atoms with Gasteiger partial charge in [0.15, 0.2) is 0 Å². The third-order valence-corrected chi connectivity index (χ3v) is 3.34. The first-order valence-electron chi connectivity index (χ1n) is 6.87. The van der Waals surface area contributed by atoms with Crippen LogP contribution in [0.25, 0.3) is 11.1 Å². The van der Waals surface area contributed by atoms with Crippen molar-refractivity contribution in [3.05, 3.63) is 58.0 Å². The van der Waals surface area contributed by atoms with E-state index in [0.29, 0.717) is 19.2 Å². The number of carbonyl (C=O) groups is 1. The molecule has 1 aromatic heterocycles. The Bertz CT molecular complexity index is 800. The second kappa shape index (κ2) is 6.70. The maximum atomic E-state index is 14.0. The summed E-state index contributed by atoms with van der Waals surface area (Å²) in [6.07, 6.45) is 2.60. The molecule has 1 N–H and O–H groups in total. The number of carboxylic acid groups (broad SMARTS) is 1. The van der Waals surface area contributed by atoms with Crippen molar-refractivity contribution in [2.45, 2.75) is 6.54 Å². The molecule has 23 heavy (non-hydrogen) atoms. The predicted octanol–water partition coefficient (Wildman–Crippen LogP) is 2.05. The Morgan fingerprint density at radius 2 is 1.91 bits per heavy atom. The zero-order valence-electron chi connectivity index (χ0n) is 12.7. The summed E-state index contributed by atoms with van der Waals surface area (Å²) < 4.78 is 28.5. The van der Waals surface area contributed by atoms with Crippen molar-refractivity contribution >= 4 is 5.97 Å². The average molecular weight is 322 g/mol. The fourth-order valence-electron chi connectivity index (χ4n) is 2.13. The van der Waals surface area contributed by atoms with Crippen molar-refractivity contribution in [3.63, 3.8) is 0 Å². The zero-order valence-corrected chi connectivity index (χ0v) is 12.7. The molecule has 122 valence electrons. The van der Waals surface area contributed by atoms with Crippen molar-refractivity contribution < 1.29 is 18.7 Å². The molecule has 0 aliphatic rings. The van der Waals surface area contributed by atoms with E-state index in [1.807, 2.05) is 19.0 Å². The smallest absolute Gasteiger partial charge is 0.341 e. The molecular weight excluding hydrogens is 306 g/mol. The summed E-state index contributed by atoms with van der Waals surface area (Å²) >= 11 is 0. The van der Waals surface area contributed by atoms with Gasteiger partial charge in [0.25, 0.3) is 0 Å². The van der Waals surface area contributed by atoms with Gasteiger partial charge in [-0.25, -0.2) is 13.6 Å². The highest BCUT2D eigenvalue weighted by molar-refractivity contribution is 5.88. The van der Waals surface area contributed by atoms with Crippen LogP contribution in [0.2, 0.25) is 0 Å². The maximum Gasteiger partial charge on any atom is 0.341 e. The van der Waals surface area contributed by atoms with E-state index in [0.717, 1.165) is 12.1 Å². The number of carboxylic acids is 1. The third-order valence-electron chi connectivity index (χ3n) is 3.34. The van der Waals surface area contributed by atoms with E-state index < -0.39 is 28.6 Å². The first kappa shape index (κ1) is 16.8. The highest BCUT2D eigenvalue weighted by Gasteiger charge is 2.17. The average Bonchev–Trinajstić information content (AvgIpc) is 2.46. The Kier molecular flexibility index (Phi) is 4.90. The van der Waals surface area contributed by atoms with Crippen molar-refractivity contribution in [2.75, 3.05) is 20.6 Å². The standard InChI is InChI=1S/C16H16F2N2O3/c1-19(2)5-6-20-8-12(15(21)13(9-20)16(22)23)11-4-3-10(17)7-14(11)18/h3-4,7-9H,5-6H2,1-2H3,(H,22,23). The topological polar surface area (TPSA) is 62.5 Å². The summed E-state index contributed by atoms with van der Waals surface area (Å²) in [5.41, 5.74) is -1.49. The van der Waals surface area contributed by atoms with Gasteiger partial charge < -0.3 is 14.6 Å². The molecule has 0 fully saturated rings. The second-order valence-corrected chi connectivity index (χ2v) is 5.39. The van der Waals surface area contributed by atoms with Crippen molar-refractivity contribution in [3.8, 4) is 11.1 Å². The molecule has 0 aliphatic heterocycles. The van der Waals surface area contributed by atoms with Gasteiger partial charge in [-0.1, -0.05) is 0 Å². The number of aromatic nitrogens is 1. The van der Waals surface area contributed by atoms with Crippen LogP contribution in [-0.4, -0.2) is 41.2 Å². The lowest BCUT2D eigenvalue weighted by Crippen LogP contribution is -2.23. The molecular formula is C16H16F2N2O3. The Balaban J connectivity index is 2.61. The van der Waals surface area contributed by atoms with Gasteiger partial charge in [0, 0.05) is 42.7 Å². The molecule has 0 saturated heterocycles. The quantitative estimate of drug-likeness (QED) is 0.915. The number of nitrogens with zero attached hydrogens (tertiary/aromatic N) is 2. The molecule has 0 amide bonds. The van der Waals surface area contributed by atoms with Crippen LogP contribution in [0.15, 0.2) is 35.4 Å². The van der Waals surface area contributed by atoms with Gasteiger partial charge in [-0.15, -0.1) is 0 Å². The van der Waals surface area contributed by atoms with Crippen LogP contribution >= 0.6 is 0 Å². The van der Waals surface area contributed by atoms with Crippen LogP contribution in [0.1, 0.15) is 10.4 Å². The summed E-state index contributed by atoms with van der Waals surface area (Å²) in [5, 5.41) is 9.17. The third kappa shape index (κ3) is 3.81. The van der Waals surface area contributed by atoms with E-state index in [2.05, 4.69) is 0 Å². The largest absolute Gasteiger partial charge is 0.477 e. The van der Waals surface area contributed by atoms with E-state index in [-0.39, 0.29) is 11.1 Å². The molecule has 0 spiro atoms. The Morgan fingerprint density at radius 3 is 2.48 bits per heavy atom. The number of benzene rings is 1. The lowest BCUT2D eigenvalue weighted by atomic mass is 10.0. The Labute approximate surface area is 131 Å². The van der Waals surface area contributed by atoms with E-state index >= 15 is 0 Å². The van der Waals surface area contributed by atoms with E-state index in [9.17, 15) is 23.5 Å². The first-order valence-corrected chi connectivity index (χ1v) is 6.87. The molecule has 0 atom stereocenters. The minimum atomic E-state index is -1.39. The second-order valence-electron chi connectivity index (χ2n) is 5.39. The zero-order chi connectivity index (χ0) is 17.1. The molecule has 0 unspecified atom stereocenters. The molecule has 0 saturated carbocycles. The SMILES string of the molecule is CN(C)CCn1cc(C(=O)O)c(=O)c(-c2ccc(F)cc2F)c1. The minimum absolute atomic E-state index is 0.110. The summed E-state index contributed by atoms with van der Waals surface area (Å²) in [6.45, 7) is 1.02. The van der Waals surface area contributed by atoms with Gasteiger partial charge in [-0.2, -0.15) is 0 Å². The van der Waals surface area contributed by atoms with E-state index in [1.54, 1.807) is 0 Å². The molecule has 0 radical (unpaired) electrons. The first-order chi connectivity index (χ1) is 10.8. The van der Waals surface area contributed by atoms with Crippen LogP contribution < -0.4 is 5.43 Å². The molecule has 0 aliphatic carbocycles. The number of aromatic carboxylic acids is 1. The van der Waals surface area contributed by atoms with Crippen LogP contribution in [-0.2, 0) is 6.54 Å². The van der Waals surface area contributed by atoms with Gasteiger partial charge >= 0.3 is 5.97 Å². The number of halogens is 2. The minimum Gasteiger partial charge on any atom is -0.477 e.